The maximum Gasteiger partial charge on any atom is 0.274 e. The molecule has 0 unspecified atom stereocenters. The van der Waals surface area contributed by atoms with Crippen LogP contribution in [0.15, 0.2) is 48.5 Å². The van der Waals surface area contributed by atoms with Crippen molar-refractivity contribution in [1.29, 1.82) is 0 Å². The minimum atomic E-state index is -0.0134. The topological polar surface area (TPSA) is 80.3 Å². The number of ether oxygens (including phenoxy) is 3. The monoisotopic (exact) mass is 639 g/mol. The Kier molecular flexibility index (Phi) is 9.01. The van der Waals surface area contributed by atoms with E-state index in [1.165, 1.54) is 38.5 Å². The van der Waals surface area contributed by atoms with Gasteiger partial charge in [-0.05, 0) is 116 Å². The van der Waals surface area contributed by atoms with Crippen LogP contribution in [0, 0.1) is 23.2 Å². The summed E-state index contributed by atoms with van der Waals surface area (Å²) in [6, 6.07) is 16.1. The van der Waals surface area contributed by atoms with Gasteiger partial charge in [0.2, 0.25) is 0 Å². The quantitative estimate of drug-likeness (QED) is 0.247. The number of carbonyl (C=O) groups is 1. The number of hydrogen-bond donors (Lipinski definition) is 0. The Morgan fingerprint density at radius 1 is 0.872 bits per heavy atom. The fourth-order valence-electron chi connectivity index (χ4n) is 9.46. The van der Waals surface area contributed by atoms with E-state index in [0.29, 0.717) is 24.3 Å². The maximum atomic E-state index is 13.4. The van der Waals surface area contributed by atoms with Crippen molar-refractivity contribution in [3.05, 3.63) is 59.8 Å². The van der Waals surface area contributed by atoms with Crippen molar-refractivity contribution in [2.24, 2.45) is 23.2 Å². The number of piperazine rings is 1. The van der Waals surface area contributed by atoms with E-state index in [4.69, 9.17) is 14.2 Å². The summed E-state index contributed by atoms with van der Waals surface area (Å²) in [6.07, 6.45) is 8.13. The third kappa shape index (κ3) is 6.64. The molecule has 0 radical (unpaired) electrons. The first-order valence-electron chi connectivity index (χ1n) is 17.4. The van der Waals surface area contributed by atoms with Crippen molar-refractivity contribution in [3.63, 3.8) is 0 Å². The zero-order valence-electron chi connectivity index (χ0n) is 28.4. The highest BCUT2D eigenvalue weighted by molar-refractivity contribution is 5.92. The second kappa shape index (κ2) is 13.3. The second-order valence-electron chi connectivity index (χ2n) is 14.4. The van der Waals surface area contributed by atoms with Gasteiger partial charge in [0, 0.05) is 46.3 Å². The Morgan fingerprint density at radius 2 is 1.53 bits per heavy atom. The summed E-state index contributed by atoms with van der Waals surface area (Å²) in [5, 5.41) is 8.93. The minimum Gasteiger partial charge on any atom is -0.496 e. The SMILES string of the molecule is CCOc1cccc(-c2cc(OC)c(CN3CCN(c4ccc(C(=O)N(C)CC56CC7CC(CC(C7)C5)C6)nn4)CC3)c(OC)c2)c1. The molecular formula is C38H49N5O4. The van der Waals surface area contributed by atoms with Gasteiger partial charge in [0.1, 0.15) is 17.2 Å². The van der Waals surface area contributed by atoms with E-state index in [1.54, 1.807) is 14.2 Å². The first-order valence-corrected chi connectivity index (χ1v) is 17.4. The second-order valence-corrected chi connectivity index (χ2v) is 14.4. The van der Waals surface area contributed by atoms with Crippen LogP contribution in [0.4, 0.5) is 5.82 Å². The molecule has 2 aromatic carbocycles. The van der Waals surface area contributed by atoms with E-state index < -0.39 is 0 Å². The van der Waals surface area contributed by atoms with Crippen LogP contribution < -0.4 is 19.1 Å². The molecule has 3 aromatic rings. The van der Waals surface area contributed by atoms with Crippen LogP contribution in [-0.4, -0.2) is 86.5 Å². The molecule has 0 atom stereocenters. The van der Waals surface area contributed by atoms with E-state index in [-0.39, 0.29) is 5.91 Å². The molecule has 0 N–H and O–H groups in total. The molecule has 2 heterocycles. The van der Waals surface area contributed by atoms with Crippen molar-refractivity contribution < 1.29 is 19.0 Å². The van der Waals surface area contributed by atoms with Gasteiger partial charge in [-0.25, -0.2) is 0 Å². The lowest BCUT2D eigenvalue weighted by Gasteiger charge is -2.57. The van der Waals surface area contributed by atoms with Crippen LogP contribution in [0.5, 0.6) is 17.2 Å². The lowest BCUT2D eigenvalue weighted by molar-refractivity contribution is -0.0629. The van der Waals surface area contributed by atoms with Gasteiger partial charge in [-0.1, -0.05) is 12.1 Å². The van der Waals surface area contributed by atoms with E-state index >= 15 is 0 Å². The number of nitrogens with zero attached hydrogens (tertiary/aromatic N) is 5. The van der Waals surface area contributed by atoms with Gasteiger partial charge in [-0.2, -0.15) is 0 Å². The molecule has 4 aliphatic carbocycles. The summed E-state index contributed by atoms with van der Waals surface area (Å²) >= 11 is 0. The molecule has 1 amide bonds. The number of hydrogen-bond acceptors (Lipinski definition) is 8. The smallest absolute Gasteiger partial charge is 0.274 e. The van der Waals surface area contributed by atoms with E-state index in [2.05, 4.69) is 38.2 Å². The number of anilines is 1. The average molecular weight is 640 g/mol. The normalized spacial score (nSPS) is 25.1. The third-order valence-electron chi connectivity index (χ3n) is 11.1. The lowest BCUT2D eigenvalue weighted by atomic mass is 9.49. The molecular weight excluding hydrogens is 590 g/mol. The van der Waals surface area contributed by atoms with Crippen LogP contribution in [0.1, 0.15) is 61.5 Å². The summed E-state index contributed by atoms with van der Waals surface area (Å²) < 4.78 is 17.5. The number of benzene rings is 2. The highest BCUT2D eigenvalue weighted by Gasteiger charge is 2.51. The van der Waals surface area contributed by atoms with Crippen molar-refractivity contribution in [1.82, 2.24) is 20.0 Å². The number of methoxy groups -OCH3 is 2. The van der Waals surface area contributed by atoms with Gasteiger partial charge in [-0.3, -0.25) is 9.69 Å². The predicted molar refractivity (Wildman–Crippen MR) is 183 cm³/mol. The first kappa shape index (κ1) is 31.7. The molecule has 0 spiro atoms. The number of rotatable bonds is 11. The number of aromatic nitrogens is 2. The third-order valence-corrected chi connectivity index (χ3v) is 11.1. The van der Waals surface area contributed by atoms with Gasteiger partial charge in [0.15, 0.2) is 11.5 Å². The molecule has 5 aliphatic rings. The number of amides is 1. The molecule has 1 saturated heterocycles. The zero-order valence-corrected chi connectivity index (χ0v) is 28.4. The Bertz CT molecular complexity index is 1510. The van der Waals surface area contributed by atoms with Crippen LogP contribution in [-0.2, 0) is 6.54 Å². The fraction of sp³-hybridized carbons (Fsp3) is 0.553. The summed E-state index contributed by atoms with van der Waals surface area (Å²) in [5.74, 6) is 5.90. The molecule has 9 nitrogen and oxygen atoms in total. The Balaban J connectivity index is 0.959. The maximum absolute atomic E-state index is 13.4. The fourth-order valence-corrected chi connectivity index (χ4v) is 9.46. The van der Waals surface area contributed by atoms with Crippen molar-refractivity contribution in [2.45, 2.75) is 52.0 Å². The molecule has 8 rings (SSSR count). The Labute approximate surface area is 279 Å². The molecule has 1 aliphatic heterocycles. The van der Waals surface area contributed by atoms with Crippen LogP contribution in [0.3, 0.4) is 0 Å². The van der Waals surface area contributed by atoms with Crippen LogP contribution in [0.2, 0.25) is 0 Å². The van der Waals surface area contributed by atoms with Gasteiger partial charge >= 0.3 is 0 Å². The standard InChI is InChI=1S/C38H49N5O4/c1-5-47-31-8-6-7-29(18-31)30-19-34(45-3)32(35(20-30)46-4)24-42-11-13-43(14-12-42)36-10-9-33(39-40-36)37(44)41(2)25-38-21-26-15-27(22-38)17-28(16-26)23-38/h6-10,18-20,26-28H,5,11-17,21-25H2,1-4H3. The Morgan fingerprint density at radius 3 is 2.11 bits per heavy atom. The summed E-state index contributed by atoms with van der Waals surface area (Å²) in [7, 11) is 5.38. The predicted octanol–water partition coefficient (Wildman–Crippen LogP) is 6.17. The summed E-state index contributed by atoms with van der Waals surface area (Å²) in [6.45, 7) is 7.54. The van der Waals surface area contributed by atoms with E-state index in [1.807, 2.05) is 49.2 Å². The highest BCUT2D eigenvalue weighted by atomic mass is 16.5. The molecule has 1 aromatic heterocycles. The first-order chi connectivity index (χ1) is 22.8. The van der Waals surface area contributed by atoms with Gasteiger partial charge in [-0.15, -0.1) is 10.2 Å². The largest absolute Gasteiger partial charge is 0.496 e. The lowest BCUT2D eigenvalue weighted by Crippen LogP contribution is -2.51. The van der Waals surface area contributed by atoms with Gasteiger partial charge < -0.3 is 24.0 Å². The summed E-state index contributed by atoms with van der Waals surface area (Å²) in [4.78, 5) is 20.0. The van der Waals surface area contributed by atoms with Crippen molar-refractivity contribution in [2.75, 3.05) is 65.5 Å². The molecule has 9 heteroatoms. The van der Waals surface area contributed by atoms with E-state index in [0.717, 1.165) is 90.2 Å². The minimum absolute atomic E-state index is 0.0134. The van der Waals surface area contributed by atoms with Crippen molar-refractivity contribution in [3.8, 4) is 28.4 Å². The molecule has 47 heavy (non-hydrogen) atoms. The molecule has 5 fully saturated rings. The zero-order chi connectivity index (χ0) is 32.5. The van der Waals surface area contributed by atoms with Crippen LogP contribution in [0.25, 0.3) is 11.1 Å². The van der Waals surface area contributed by atoms with Crippen molar-refractivity contribution >= 4 is 11.7 Å². The summed E-state index contributed by atoms with van der Waals surface area (Å²) in [5.41, 5.74) is 3.86. The van der Waals surface area contributed by atoms with Gasteiger partial charge in [0.25, 0.3) is 5.91 Å². The molecule has 4 bridgehead atoms. The molecule has 250 valence electrons. The number of carbonyl (C=O) groups excluding carboxylic acids is 1. The van der Waals surface area contributed by atoms with Gasteiger partial charge in [0.05, 0.1) is 26.4 Å². The highest BCUT2D eigenvalue weighted by Crippen LogP contribution is 2.60. The molecule has 4 saturated carbocycles. The Hall–Kier alpha value is -3.85. The van der Waals surface area contributed by atoms with E-state index in [9.17, 15) is 4.79 Å². The average Bonchev–Trinajstić information content (AvgIpc) is 3.08. The van der Waals surface area contributed by atoms with Crippen LogP contribution >= 0.6 is 0 Å².